The molecule has 2 rings (SSSR count). The van der Waals surface area contributed by atoms with Gasteiger partial charge in [-0.1, -0.05) is 235 Å². The molecule has 14 nitrogen and oxygen atoms in total. The van der Waals surface area contributed by atoms with Crippen molar-refractivity contribution in [1.29, 1.82) is 0 Å². The first-order valence-corrected chi connectivity index (χ1v) is 32.9. The van der Waals surface area contributed by atoms with Gasteiger partial charge in [-0.2, -0.15) is 0 Å². The average molecular weight is 1150 g/mol. The van der Waals surface area contributed by atoms with E-state index in [1.807, 2.05) is 0 Å². The number of carbonyl (C=O) groups is 1. The Balaban J connectivity index is 1.66. The molecule has 14 heteroatoms. The van der Waals surface area contributed by atoms with Crippen molar-refractivity contribution in [2.45, 2.75) is 325 Å². The van der Waals surface area contributed by atoms with Gasteiger partial charge in [-0.3, -0.25) is 4.79 Å². The topological polar surface area (TPSA) is 214 Å². The summed E-state index contributed by atoms with van der Waals surface area (Å²) in [5, 5.41) is 72.5. The molecule has 81 heavy (non-hydrogen) atoms. The second-order valence-corrected chi connectivity index (χ2v) is 22.9. The predicted molar refractivity (Wildman–Crippen MR) is 326 cm³/mol. The summed E-state index contributed by atoms with van der Waals surface area (Å²) in [7, 11) is 0. The van der Waals surface area contributed by atoms with Crippen LogP contribution in [-0.2, 0) is 33.2 Å². The van der Waals surface area contributed by atoms with Gasteiger partial charge in [-0.25, -0.2) is 0 Å². The van der Waals surface area contributed by atoms with Crippen LogP contribution < -0.4 is 0 Å². The summed E-state index contributed by atoms with van der Waals surface area (Å²) in [6, 6.07) is 0. The lowest BCUT2D eigenvalue weighted by molar-refractivity contribution is -0.332. The molecule has 2 aliphatic heterocycles. The minimum absolute atomic E-state index is 0.0598. The number of aliphatic hydroxyl groups excluding tert-OH is 7. The Kier molecular flexibility index (Phi) is 49.1. The summed E-state index contributed by atoms with van der Waals surface area (Å²) in [6.45, 7) is 3.61. The smallest absolute Gasteiger partial charge is 0.306 e. The van der Waals surface area contributed by atoms with Crippen LogP contribution >= 0.6 is 0 Å². The van der Waals surface area contributed by atoms with E-state index in [1.165, 1.54) is 167 Å². The van der Waals surface area contributed by atoms with Gasteiger partial charge < -0.3 is 64.2 Å². The fourth-order valence-electron chi connectivity index (χ4n) is 10.3. The quantitative estimate of drug-likeness (QED) is 0.0172. The molecule has 0 aromatic heterocycles. The highest BCUT2D eigenvalue weighted by atomic mass is 16.7. The molecule has 472 valence electrons. The molecule has 0 aromatic carbocycles. The third kappa shape index (κ3) is 39.1. The fourth-order valence-corrected chi connectivity index (χ4v) is 10.3. The zero-order valence-corrected chi connectivity index (χ0v) is 51.0. The van der Waals surface area contributed by atoms with Gasteiger partial charge in [0.25, 0.3) is 0 Å². The summed E-state index contributed by atoms with van der Waals surface area (Å²) in [4.78, 5) is 13.1. The monoisotopic (exact) mass is 1150 g/mol. The maximum Gasteiger partial charge on any atom is 0.306 e. The number of ether oxygens (including phenoxy) is 6. The molecular formula is C67H120O14. The number of esters is 1. The molecule has 2 heterocycles. The molecule has 0 spiro atoms. The Hall–Kier alpha value is -2.31. The summed E-state index contributed by atoms with van der Waals surface area (Å²) in [5.74, 6) is -0.376. The number of unbranched alkanes of at least 4 members (excludes halogenated alkanes) is 30. The SMILES string of the molecule is CC/C=C\C/C=C\C/C=C\C/C=C\CCCCCCCCCCCCCCCOCC(COC1OC(COC2OC(CO)C(O)C(O)C2O)C(O)C(O)C1O)OC(=O)CCCCCCCCCCC/C=C\CCCCCCCCCC. The van der Waals surface area contributed by atoms with Crippen LogP contribution in [0.25, 0.3) is 0 Å². The lowest BCUT2D eigenvalue weighted by Gasteiger charge is -2.42. The Bertz CT molecular complexity index is 1570. The van der Waals surface area contributed by atoms with Crippen molar-refractivity contribution < 1.29 is 69.0 Å². The van der Waals surface area contributed by atoms with Crippen molar-refractivity contribution in [3.63, 3.8) is 0 Å². The lowest BCUT2D eigenvalue weighted by Crippen LogP contribution is -2.61. The number of carbonyl (C=O) groups excluding carboxylic acids is 1. The molecule has 0 amide bonds. The van der Waals surface area contributed by atoms with Crippen LogP contribution in [0.15, 0.2) is 60.8 Å². The van der Waals surface area contributed by atoms with Crippen molar-refractivity contribution in [1.82, 2.24) is 0 Å². The summed E-state index contributed by atoms with van der Waals surface area (Å²) >= 11 is 0. The first-order chi connectivity index (χ1) is 39.6. The number of allylic oxidation sites excluding steroid dienone is 10. The zero-order valence-electron chi connectivity index (χ0n) is 51.0. The van der Waals surface area contributed by atoms with E-state index in [0.29, 0.717) is 13.0 Å². The Morgan fingerprint density at radius 2 is 0.802 bits per heavy atom. The van der Waals surface area contributed by atoms with Gasteiger partial charge >= 0.3 is 5.97 Å². The van der Waals surface area contributed by atoms with Gasteiger partial charge in [0, 0.05) is 13.0 Å². The van der Waals surface area contributed by atoms with Crippen LogP contribution in [0.2, 0.25) is 0 Å². The van der Waals surface area contributed by atoms with E-state index < -0.39 is 80.7 Å². The normalized spacial score (nSPS) is 24.1. The van der Waals surface area contributed by atoms with Crippen LogP contribution in [0.5, 0.6) is 0 Å². The van der Waals surface area contributed by atoms with E-state index in [4.69, 9.17) is 28.4 Å². The minimum atomic E-state index is -1.71. The van der Waals surface area contributed by atoms with E-state index in [-0.39, 0.29) is 25.6 Å². The van der Waals surface area contributed by atoms with Gasteiger partial charge in [0.05, 0.1) is 26.4 Å². The lowest BCUT2D eigenvalue weighted by atomic mass is 9.98. The van der Waals surface area contributed by atoms with Crippen molar-refractivity contribution in [2.24, 2.45) is 0 Å². The molecule has 0 aromatic rings. The van der Waals surface area contributed by atoms with Gasteiger partial charge in [0.2, 0.25) is 0 Å². The molecule has 2 fully saturated rings. The molecule has 11 atom stereocenters. The molecule has 0 saturated carbocycles. The van der Waals surface area contributed by atoms with Crippen molar-refractivity contribution in [3.05, 3.63) is 60.8 Å². The molecular weight excluding hydrogens is 1030 g/mol. The first kappa shape index (κ1) is 74.8. The number of rotatable bonds is 54. The van der Waals surface area contributed by atoms with Crippen LogP contribution in [0.4, 0.5) is 0 Å². The van der Waals surface area contributed by atoms with Crippen LogP contribution in [0.3, 0.4) is 0 Å². The second kappa shape index (κ2) is 53.2. The number of hydrogen-bond donors (Lipinski definition) is 7. The van der Waals surface area contributed by atoms with Crippen molar-refractivity contribution in [3.8, 4) is 0 Å². The third-order valence-electron chi connectivity index (χ3n) is 15.5. The Morgan fingerprint density at radius 1 is 0.420 bits per heavy atom. The number of hydrogen-bond acceptors (Lipinski definition) is 14. The highest BCUT2D eigenvalue weighted by molar-refractivity contribution is 5.69. The van der Waals surface area contributed by atoms with Gasteiger partial charge in [-0.15, -0.1) is 0 Å². The van der Waals surface area contributed by atoms with Gasteiger partial charge in [0.1, 0.15) is 54.9 Å². The molecule has 7 N–H and O–H groups in total. The average Bonchev–Trinajstić information content (AvgIpc) is 3.60. The van der Waals surface area contributed by atoms with Crippen LogP contribution in [-0.4, -0.2) is 142 Å². The second-order valence-electron chi connectivity index (χ2n) is 22.9. The Morgan fingerprint density at radius 3 is 1.27 bits per heavy atom. The maximum atomic E-state index is 13.1. The van der Waals surface area contributed by atoms with E-state index in [9.17, 15) is 40.5 Å². The zero-order chi connectivity index (χ0) is 58.6. The van der Waals surface area contributed by atoms with Crippen LogP contribution in [0, 0.1) is 0 Å². The van der Waals surface area contributed by atoms with E-state index >= 15 is 0 Å². The van der Waals surface area contributed by atoms with Crippen molar-refractivity contribution in [2.75, 3.05) is 33.0 Å². The summed E-state index contributed by atoms with van der Waals surface area (Å²) in [6.07, 6.45) is 51.4. The first-order valence-electron chi connectivity index (χ1n) is 32.9. The largest absolute Gasteiger partial charge is 0.457 e. The van der Waals surface area contributed by atoms with Crippen molar-refractivity contribution >= 4 is 5.97 Å². The standard InChI is InChI=1S/C67H120O14/c1-3-5-7-9-11-13-15-17-19-21-23-25-26-27-28-29-31-33-35-37-39-41-43-45-47-49-51-76-53-56(54-77-66-65(75)63(73)61(71)58(81-66)55-78-67-64(74)62(72)60(70)57(52-68)80-67)79-59(69)50-48-46-44-42-40-38-36-34-32-30-24-22-20-18-16-14-12-10-8-6-4-2/h5,7,11,13,17,19,22-25,56-58,60-68,70-75H,3-4,6,8-10,12,14-16,18,20-21,26-55H2,1-2H3/b7-5-,13-11-,19-17-,24-22-,25-23-. The van der Waals surface area contributed by atoms with Gasteiger partial charge in [-0.05, 0) is 77.0 Å². The van der Waals surface area contributed by atoms with E-state index in [0.717, 1.165) is 64.2 Å². The molecule has 0 bridgehead atoms. The van der Waals surface area contributed by atoms with E-state index in [2.05, 4.69) is 74.6 Å². The molecule has 2 aliphatic rings. The fraction of sp³-hybridized carbons (Fsp3) is 0.836. The van der Waals surface area contributed by atoms with Crippen LogP contribution in [0.1, 0.15) is 258 Å². The third-order valence-corrected chi connectivity index (χ3v) is 15.5. The molecule has 0 aliphatic carbocycles. The maximum absolute atomic E-state index is 13.1. The molecule has 0 radical (unpaired) electrons. The summed E-state index contributed by atoms with van der Waals surface area (Å²) in [5.41, 5.74) is 0. The minimum Gasteiger partial charge on any atom is -0.457 e. The highest BCUT2D eigenvalue weighted by Gasteiger charge is 2.47. The summed E-state index contributed by atoms with van der Waals surface area (Å²) < 4.78 is 34.5. The van der Waals surface area contributed by atoms with Gasteiger partial charge in [0.15, 0.2) is 12.6 Å². The Labute approximate surface area is 492 Å². The molecule has 11 unspecified atom stereocenters. The molecule has 2 saturated heterocycles. The highest BCUT2D eigenvalue weighted by Crippen LogP contribution is 2.27. The predicted octanol–water partition coefficient (Wildman–Crippen LogP) is 13.2. The number of aliphatic hydroxyl groups is 7. The van der Waals surface area contributed by atoms with E-state index in [1.54, 1.807) is 0 Å².